The van der Waals surface area contributed by atoms with E-state index >= 15 is 0 Å². The number of carbonyl (C=O) groups is 2. The first kappa shape index (κ1) is 14.3. The van der Waals surface area contributed by atoms with Crippen molar-refractivity contribution in [1.82, 2.24) is 5.32 Å². The van der Waals surface area contributed by atoms with Gasteiger partial charge in [0.2, 0.25) is 5.91 Å². The molecule has 0 aromatic heterocycles. The van der Waals surface area contributed by atoms with E-state index < -0.39 is 47.7 Å². The van der Waals surface area contributed by atoms with Crippen LogP contribution in [0.25, 0.3) is 0 Å². The van der Waals surface area contributed by atoms with Crippen LogP contribution in [0.4, 0.5) is 13.2 Å². The molecule has 0 aromatic carbocycles. The molecular weight excluding hydrogens is 263 g/mol. The average Bonchev–Trinajstić information content (AvgIpc) is 2.75. The Morgan fingerprint density at radius 3 is 2.47 bits per heavy atom. The lowest BCUT2D eigenvalue weighted by atomic mass is 9.94. The first-order valence-electron chi connectivity index (χ1n) is 6.03. The van der Waals surface area contributed by atoms with Gasteiger partial charge in [-0.3, -0.25) is 9.59 Å². The lowest BCUT2D eigenvalue weighted by Crippen LogP contribution is -2.37. The summed E-state index contributed by atoms with van der Waals surface area (Å²) in [6.07, 6.45) is -4.86. The third kappa shape index (κ3) is 2.89. The molecule has 1 aliphatic heterocycles. The van der Waals surface area contributed by atoms with E-state index in [9.17, 15) is 22.8 Å². The maximum atomic E-state index is 12.2. The van der Waals surface area contributed by atoms with Crippen molar-refractivity contribution in [2.45, 2.75) is 37.5 Å². The number of carbonyl (C=O) groups excluding carboxylic acids is 2. The zero-order chi connectivity index (χ0) is 14.4. The second-order valence-corrected chi connectivity index (χ2v) is 5.49. The predicted molar refractivity (Wildman–Crippen MR) is 59.8 cm³/mol. The van der Waals surface area contributed by atoms with E-state index in [0.29, 0.717) is 19.4 Å². The Balaban J connectivity index is 1.92. The van der Waals surface area contributed by atoms with E-state index in [4.69, 9.17) is 11.5 Å². The number of Topliss-reactive ketones (excluding diaryl/α,β-unsaturated/α-hetero) is 1. The van der Waals surface area contributed by atoms with E-state index in [2.05, 4.69) is 5.32 Å². The number of rotatable bonds is 4. The van der Waals surface area contributed by atoms with Crippen LogP contribution in [0.2, 0.25) is 0 Å². The number of hydrogen-bond donors (Lipinski definition) is 3. The summed E-state index contributed by atoms with van der Waals surface area (Å²) in [6.45, 7) is 0.426. The number of ketones is 1. The van der Waals surface area contributed by atoms with Crippen LogP contribution in [0.15, 0.2) is 0 Å². The van der Waals surface area contributed by atoms with Gasteiger partial charge in [0, 0.05) is 12.5 Å². The van der Waals surface area contributed by atoms with Crippen LogP contribution in [0.3, 0.4) is 0 Å². The Kier molecular flexibility index (Phi) is 3.34. The SMILES string of the molecule is NC(=O)C1CC2(CN1)CC2C(=O)C(N)CC(F)(F)F. The Hall–Kier alpha value is -1.15. The van der Waals surface area contributed by atoms with E-state index in [1.165, 1.54) is 0 Å². The van der Waals surface area contributed by atoms with Crippen molar-refractivity contribution in [3.05, 3.63) is 0 Å². The van der Waals surface area contributed by atoms with Crippen LogP contribution in [-0.2, 0) is 9.59 Å². The minimum atomic E-state index is -4.44. The van der Waals surface area contributed by atoms with E-state index in [0.717, 1.165) is 0 Å². The van der Waals surface area contributed by atoms with E-state index in [1.54, 1.807) is 0 Å². The van der Waals surface area contributed by atoms with Crippen LogP contribution >= 0.6 is 0 Å². The highest BCUT2D eigenvalue weighted by Crippen LogP contribution is 2.58. The molecule has 108 valence electrons. The second-order valence-electron chi connectivity index (χ2n) is 5.49. The third-order valence-corrected chi connectivity index (χ3v) is 4.00. The van der Waals surface area contributed by atoms with E-state index in [-0.39, 0.29) is 0 Å². The molecule has 1 spiro atoms. The largest absolute Gasteiger partial charge is 0.391 e. The summed E-state index contributed by atoms with van der Waals surface area (Å²) in [4.78, 5) is 22.9. The van der Waals surface area contributed by atoms with Crippen molar-refractivity contribution in [3.8, 4) is 0 Å². The fourth-order valence-electron chi connectivity index (χ4n) is 2.86. The number of alkyl halides is 3. The van der Waals surface area contributed by atoms with Crippen molar-refractivity contribution >= 4 is 11.7 Å². The summed E-state index contributed by atoms with van der Waals surface area (Å²) in [5, 5.41) is 2.89. The molecule has 2 aliphatic rings. The molecule has 1 saturated heterocycles. The summed E-state index contributed by atoms with van der Waals surface area (Å²) in [5.74, 6) is -1.56. The summed E-state index contributed by atoms with van der Waals surface area (Å²) >= 11 is 0. The van der Waals surface area contributed by atoms with Crippen LogP contribution < -0.4 is 16.8 Å². The predicted octanol–water partition coefficient (Wildman–Crippen LogP) is -0.311. The zero-order valence-corrected chi connectivity index (χ0v) is 10.2. The van der Waals surface area contributed by atoms with Crippen LogP contribution in [-0.4, -0.2) is 36.5 Å². The lowest BCUT2D eigenvalue weighted by molar-refractivity contribution is -0.147. The highest BCUT2D eigenvalue weighted by Gasteiger charge is 2.62. The zero-order valence-electron chi connectivity index (χ0n) is 10.2. The third-order valence-electron chi connectivity index (χ3n) is 4.00. The van der Waals surface area contributed by atoms with Crippen LogP contribution in [0.1, 0.15) is 19.3 Å². The normalized spacial score (nSPS) is 35.4. The molecule has 1 amide bonds. The number of amides is 1. The molecule has 5 N–H and O–H groups in total. The maximum Gasteiger partial charge on any atom is 0.391 e. The molecule has 0 bridgehead atoms. The molecule has 1 heterocycles. The summed E-state index contributed by atoms with van der Waals surface area (Å²) in [7, 11) is 0. The number of halogens is 3. The van der Waals surface area contributed by atoms with Gasteiger partial charge in [0.1, 0.15) is 0 Å². The second kappa shape index (κ2) is 4.45. The standard InChI is InChI=1S/C11H16F3N3O2/c12-11(13,14)2-6(15)8(18)5-1-10(5)3-7(9(16)19)17-4-10/h5-7,17H,1-4,15H2,(H2,16,19). The summed E-state index contributed by atoms with van der Waals surface area (Å²) in [6, 6.07) is -2.02. The fourth-order valence-corrected chi connectivity index (χ4v) is 2.86. The van der Waals surface area contributed by atoms with Crippen molar-refractivity contribution in [3.63, 3.8) is 0 Å². The van der Waals surface area contributed by atoms with Gasteiger partial charge in [-0.25, -0.2) is 0 Å². The first-order chi connectivity index (χ1) is 8.65. The quantitative estimate of drug-likeness (QED) is 0.657. The molecule has 1 saturated carbocycles. The highest BCUT2D eigenvalue weighted by atomic mass is 19.4. The van der Waals surface area contributed by atoms with Crippen LogP contribution in [0.5, 0.6) is 0 Å². The van der Waals surface area contributed by atoms with Crippen molar-refractivity contribution in [2.24, 2.45) is 22.8 Å². The Morgan fingerprint density at radius 2 is 2.00 bits per heavy atom. The van der Waals surface area contributed by atoms with Gasteiger partial charge in [-0.2, -0.15) is 13.2 Å². The minimum absolute atomic E-state index is 0.400. The fraction of sp³-hybridized carbons (Fsp3) is 0.818. The molecule has 0 radical (unpaired) electrons. The average molecular weight is 279 g/mol. The number of hydrogen-bond acceptors (Lipinski definition) is 4. The van der Waals surface area contributed by atoms with Gasteiger partial charge in [0.25, 0.3) is 0 Å². The molecule has 2 rings (SSSR count). The number of nitrogens with one attached hydrogen (secondary N) is 1. The Morgan fingerprint density at radius 1 is 1.37 bits per heavy atom. The van der Waals surface area contributed by atoms with Gasteiger partial charge in [0.15, 0.2) is 5.78 Å². The topological polar surface area (TPSA) is 98.2 Å². The van der Waals surface area contributed by atoms with Crippen LogP contribution in [0, 0.1) is 11.3 Å². The van der Waals surface area contributed by atoms with Crippen molar-refractivity contribution < 1.29 is 22.8 Å². The Labute approximate surface area is 107 Å². The van der Waals surface area contributed by atoms with Gasteiger partial charge in [-0.15, -0.1) is 0 Å². The smallest absolute Gasteiger partial charge is 0.368 e. The molecule has 4 unspecified atom stereocenters. The Bertz CT molecular complexity index is 412. The van der Waals surface area contributed by atoms with Crippen molar-refractivity contribution in [2.75, 3.05) is 6.54 Å². The molecule has 5 nitrogen and oxygen atoms in total. The van der Waals surface area contributed by atoms with Gasteiger partial charge < -0.3 is 16.8 Å². The van der Waals surface area contributed by atoms with Gasteiger partial charge in [-0.1, -0.05) is 0 Å². The van der Waals surface area contributed by atoms with Gasteiger partial charge in [-0.05, 0) is 18.3 Å². The molecular formula is C11H16F3N3O2. The molecule has 2 fully saturated rings. The number of nitrogens with two attached hydrogens (primary N) is 2. The summed E-state index contributed by atoms with van der Waals surface area (Å²) in [5.41, 5.74) is 10.0. The van der Waals surface area contributed by atoms with E-state index in [1.807, 2.05) is 0 Å². The highest BCUT2D eigenvalue weighted by molar-refractivity contribution is 5.90. The van der Waals surface area contributed by atoms with Crippen molar-refractivity contribution in [1.29, 1.82) is 0 Å². The van der Waals surface area contributed by atoms with Gasteiger partial charge in [0.05, 0.1) is 18.5 Å². The maximum absolute atomic E-state index is 12.2. The monoisotopic (exact) mass is 279 g/mol. The summed E-state index contributed by atoms with van der Waals surface area (Å²) < 4.78 is 36.5. The van der Waals surface area contributed by atoms with Gasteiger partial charge >= 0.3 is 6.18 Å². The minimum Gasteiger partial charge on any atom is -0.368 e. The molecule has 1 aliphatic carbocycles. The molecule has 4 atom stereocenters. The first-order valence-corrected chi connectivity index (χ1v) is 6.03. The lowest BCUT2D eigenvalue weighted by Gasteiger charge is -2.14. The molecule has 8 heteroatoms. The molecule has 0 aromatic rings. The number of primary amides is 1. The molecule has 19 heavy (non-hydrogen) atoms.